The molecule has 0 aromatic heterocycles. The third-order valence-corrected chi connectivity index (χ3v) is 3.87. The van der Waals surface area contributed by atoms with Crippen molar-refractivity contribution in [3.8, 4) is 5.75 Å². The Morgan fingerprint density at radius 2 is 2.11 bits per heavy atom. The molecule has 4 nitrogen and oxygen atoms in total. The molecule has 0 unspecified atom stereocenters. The van der Waals surface area contributed by atoms with Crippen molar-refractivity contribution in [2.75, 3.05) is 13.7 Å². The van der Waals surface area contributed by atoms with Crippen molar-refractivity contribution in [1.29, 1.82) is 0 Å². The molecular weight excluding hydrogens is 240 g/mol. The van der Waals surface area contributed by atoms with Gasteiger partial charge in [0, 0.05) is 31.3 Å². The monoisotopic (exact) mass is 262 g/mol. The Kier molecular flexibility index (Phi) is 4.80. The highest BCUT2D eigenvalue weighted by Crippen LogP contribution is 2.23. The molecule has 1 fully saturated rings. The Morgan fingerprint density at radius 3 is 2.74 bits per heavy atom. The molecule has 1 aromatic carbocycles. The van der Waals surface area contributed by atoms with Gasteiger partial charge in [0.05, 0.1) is 7.11 Å². The number of methoxy groups -OCH3 is 1. The first-order valence-corrected chi connectivity index (χ1v) is 6.77. The van der Waals surface area contributed by atoms with Gasteiger partial charge in [0.25, 0.3) is 0 Å². The van der Waals surface area contributed by atoms with Crippen LogP contribution in [0.4, 0.5) is 0 Å². The van der Waals surface area contributed by atoms with E-state index in [9.17, 15) is 0 Å². The predicted molar refractivity (Wildman–Crippen MR) is 75.9 cm³/mol. The van der Waals surface area contributed by atoms with Gasteiger partial charge in [-0.3, -0.25) is 4.90 Å². The van der Waals surface area contributed by atoms with Crippen LogP contribution in [0.15, 0.2) is 29.4 Å². The maximum absolute atomic E-state index is 8.66. The number of piperidine rings is 1. The van der Waals surface area contributed by atoms with E-state index in [0.29, 0.717) is 12.0 Å². The standard InChI is InChI=1S/C15H22N2O2/c1-12-3-4-14(9-16-18)11-17(12)10-13-5-7-15(19-2)8-6-13/h5-9,12,14,18H,3-4,10-11H2,1-2H3/b16-9+/t12-,14+/m1/s1. The van der Waals surface area contributed by atoms with Gasteiger partial charge in [0.1, 0.15) is 5.75 Å². The summed E-state index contributed by atoms with van der Waals surface area (Å²) in [7, 11) is 1.68. The fourth-order valence-corrected chi connectivity index (χ4v) is 2.61. The maximum Gasteiger partial charge on any atom is 0.118 e. The average molecular weight is 262 g/mol. The molecule has 1 aliphatic rings. The molecule has 0 spiro atoms. The Balaban J connectivity index is 1.99. The zero-order valence-electron chi connectivity index (χ0n) is 11.6. The van der Waals surface area contributed by atoms with Crippen LogP contribution in [0.25, 0.3) is 0 Å². The fraction of sp³-hybridized carbons (Fsp3) is 0.533. The van der Waals surface area contributed by atoms with Gasteiger partial charge in [0.2, 0.25) is 0 Å². The van der Waals surface area contributed by atoms with Gasteiger partial charge in [-0.15, -0.1) is 5.16 Å². The van der Waals surface area contributed by atoms with E-state index in [-0.39, 0.29) is 0 Å². The van der Waals surface area contributed by atoms with Gasteiger partial charge >= 0.3 is 0 Å². The highest BCUT2D eigenvalue weighted by atomic mass is 16.5. The molecule has 2 rings (SSSR count). The number of benzene rings is 1. The second-order valence-electron chi connectivity index (χ2n) is 5.23. The van der Waals surface area contributed by atoms with Gasteiger partial charge in [-0.1, -0.05) is 12.1 Å². The van der Waals surface area contributed by atoms with E-state index in [2.05, 4.69) is 29.1 Å². The van der Waals surface area contributed by atoms with Crippen molar-refractivity contribution in [3.63, 3.8) is 0 Å². The number of nitrogens with zero attached hydrogens (tertiary/aromatic N) is 2. The Morgan fingerprint density at radius 1 is 1.37 bits per heavy atom. The van der Waals surface area contributed by atoms with E-state index in [1.165, 1.54) is 5.56 Å². The molecule has 1 aliphatic heterocycles. The summed E-state index contributed by atoms with van der Waals surface area (Å²) in [5.41, 5.74) is 1.29. The van der Waals surface area contributed by atoms with Crippen LogP contribution in [0.2, 0.25) is 0 Å². The molecule has 0 aliphatic carbocycles. The lowest BCUT2D eigenvalue weighted by molar-refractivity contribution is 0.133. The highest BCUT2D eigenvalue weighted by Gasteiger charge is 2.24. The Hall–Kier alpha value is -1.55. The number of oxime groups is 1. The van der Waals surface area contributed by atoms with Crippen molar-refractivity contribution in [2.45, 2.75) is 32.4 Å². The van der Waals surface area contributed by atoms with Crippen LogP contribution in [-0.2, 0) is 6.54 Å². The molecule has 1 heterocycles. The van der Waals surface area contributed by atoms with Crippen molar-refractivity contribution in [1.82, 2.24) is 4.90 Å². The summed E-state index contributed by atoms with van der Waals surface area (Å²) in [6, 6.07) is 8.78. The molecule has 1 aromatic rings. The lowest BCUT2D eigenvalue weighted by atomic mass is 9.94. The van der Waals surface area contributed by atoms with Crippen LogP contribution in [0, 0.1) is 5.92 Å². The van der Waals surface area contributed by atoms with Crippen molar-refractivity contribution in [2.24, 2.45) is 11.1 Å². The summed E-state index contributed by atoms with van der Waals surface area (Å²) in [6.07, 6.45) is 3.91. The van der Waals surface area contributed by atoms with Gasteiger partial charge in [-0.2, -0.15) is 0 Å². The highest BCUT2D eigenvalue weighted by molar-refractivity contribution is 5.60. The molecule has 2 atom stereocenters. The normalized spacial score (nSPS) is 24.7. The minimum atomic E-state index is 0.361. The SMILES string of the molecule is COc1ccc(CN2C[C@H](/C=N/O)CC[C@H]2C)cc1. The summed E-state index contributed by atoms with van der Waals surface area (Å²) in [5, 5.41) is 11.8. The summed E-state index contributed by atoms with van der Waals surface area (Å²) in [6.45, 7) is 4.15. The van der Waals surface area contributed by atoms with Gasteiger partial charge in [0.15, 0.2) is 0 Å². The molecule has 0 amide bonds. The van der Waals surface area contributed by atoms with Crippen LogP contribution in [0.5, 0.6) is 5.75 Å². The van der Waals surface area contributed by atoms with Crippen molar-refractivity contribution < 1.29 is 9.94 Å². The van der Waals surface area contributed by atoms with E-state index < -0.39 is 0 Å². The second kappa shape index (κ2) is 6.57. The molecule has 1 N–H and O–H groups in total. The lowest BCUT2D eigenvalue weighted by Crippen LogP contribution is -2.41. The fourth-order valence-electron chi connectivity index (χ4n) is 2.61. The van der Waals surface area contributed by atoms with Crippen LogP contribution >= 0.6 is 0 Å². The molecule has 0 radical (unpaired) electrons. The number of hydrogen-bond acceptors (Lipinski definition) is 4. The summed E-state index contributed by atoms with van der Waals surface area (Å²) < 4.78 is 5.17. The van der Waals surface area contributed by atoms with Gasteiger partial charge < -0.3 is 9.94 Å². The smallest absolute Gasteiger partial charge is 0.118 e. The van der Waals surface area contributed by atoms with Crippen LogP contribution in [-0.4, -0.2) is 36.0 Å². The van der Waals surface area contributed by atoms with Crippen LogP contribution in [0.1, 0.15) is 25.3 Å². The predicted octanol–water partition coefficient (Wildman–Crippen LogP) is 2.76. The Labute approximate surface area is 114 Å². The molecule has 4 heteroatoms. The first kappa shape index (κ1) is 13.9. The average Bonchev–Trinajstić information content (AvgIpc) is 2.44. The first-order valence-electron chi connectivity index (χ1n) is 6.77. The Bertz CT molecular complexity index is 417. The molecule has 1 saturated heterocycles. The minimum absolute atomic E-state index is 0.361. The van der Waals surface area contributed by atoms with E-state index in [1.807, 2.05) is 12.1 Å². The third-order valence-electron chi connectivity index (χ3n) is 3.87. The first-order chi connectivity index (χ1) is 9.22. The molecule has 0 bridgehead atoms. The molecule has 0 saturated carbocycles. The zero-order chi connectivity index (χ0) is 13.7. The van der Waals surface area contributed by atoms with Gasteiger partial charge in [-0.05, 0) is 37.5 Å². The van der Waals surface area contributed by atoms with Gasteiger partial charge in [-0.25, -0.2) is 0 Å². The topological polar surface area (TPSA) is 45.1 Å². The number of ether oxygens (including phenoxy) is 1. The summed E-state index contributed by atoms with van der Waals surface area (Å²) >= 11 is 0. The van der Waals surface area contributed by atoms with Crippen molar-refractivity contribution >= 4 is 6.21 Å². The minimum Gasteiger partial charge on any atom is -0.497 e. The molecular formula is C15H22N2O2. The second-order valence-corrected chi connectivity index (χ2v) is 5.23. The summed E-state index contributed by atoms with van der Waals surface area (Å²) in [4.78, 5) is 2.44. The quantitative estimate of drug-likeness (QED) is 0.515. The zero-order valence-corrected chi connectivity index (χ0v) is 11.6. The van der Waals surface area contributed by atoms with E-state index in [0.717, 1.165) is 31.7 Å². The summed E-state index contributed by atoms with van der Waals surface area (Å²) in [5.74, 6) is 1.25. The van der Waals surface area contributed by atoms with Crippen molar-refractivity contribution in [3.05, 3.63) is 29.8 Å². The number of hydrogen-bond donors (Lipinski definition) is 1. The molecule has 104 valence electrons. The maximum atomic E-state index is 8.66. The van der Waals surface area contributed by atoms with Crippen LogP contribution in [0.3, 0.4) is 0 Å². The number of likely N-dealkylation sites (tertiary alicyclic amines) is 1. The molecule has 19 heavy (non-hydrogen) atoms. The largest absolute Gasteiger partial charge is 0.497 e. The van der Waals surface area contributed by atoms with E-state index in [1.54, 1.807) is 13.3 Å². The van der Waals surface area contributed by atoms with E-state index in [4.69, 9.17) is 9.94 Å². The van der Waals surface area contributed by atoms with Crippen LogP contribution < -0.4 is 4.74 Å². The van der Waals surface area contributed by atoms with E-state index >= 15 is 0 Å². The third kappa shape index (κ3) is 3.70. The lowest BCUT2D eigenvalue weighted by Gasteiger charge is -2.36. The number of rotatable bonds is 4.